The van der Waals surface area contributed by atoms with E-state index in [1.807, 2.05) is 30.2 Å². The molecule has 2 heterocycles. The van der Waals surface area contributed by atoms with Gasteiger partial charge in [0.15, 0.2) is 5.82 Å². The average molecular weight is 291 g/mol. The number of hydrogen-bond donors (Lipinski definition) is 2. The van der Waals surface area contributed by atoms with Crippen LogP contribution in [0.3, 0.4) is 0 Å². The Kier molecular flexibility index (Phi) is 4.85. The largest absolute Gasteiger partial charge is 0.368 e. The third-order valence-electron chi connectivity index (χ3n) is 3.13. The molecule has 0 saturated heterocycles. The number of anilines is 3. The van der Waals surface area contributed by atoms with Crippen molar-refractivity contribution < 1.29 is 0 Å². The topological polar surface area (TPSA) is 111 Å². The Balaban J connectivity index is 2.13. The molecule has 0 radical (unpaired) electrons. The van der Waals surface area contributed by atoms with Crippen molar-refractivity contribution in [3.8, 4) is 0 Å². The molecule has 0 unspecified atom stereocenters. The van der Waals surface area contributed by atoms with Gasteiger partial charge >= 0.3 is 0 Å². The first-order valence-corrected chi connectivity index (χ1v) is 7.04. The lowest BCUT2D eigenvalue weighted by Gasteiger charge is -2.19. The highest BCUT2D eigenvalue weighted by Gasteiger charge is 2.10. The van der Waals surface area contributed by atoms with E-state index in [1.165, 1.54) is 0 Å². The Morgan fingerprint density at radius 3 is 2.62 bits per heavy atom. The van der Waals surface area contributed by atoms with Gasteiger partial charge in [0.05, 0.1) is 6.54 Å². The Morgan fingerprint density at radius 2 is 1.95 bits per heavy atom. The van der Waals surface area contributed by atoms with Crippen LogP contribution in [0.25, 0.3) is 0 Å². The maximum absolute atomic E-state index is 5.75. The second-order valence-corrected chi connectivity index (χ2v) is 4.38. The van der Waals surface area contributed by atoms with Gasteiger partial charge in [-0.25, -0.2) is 0 Å². The van der Waals surface area contributed by atoms with Crippen LogP contribution in [0.1, 0.15) is 26.6 Å². The van der Waals surface area contributed by atoms with Crippen molar-refractivity contribution in [2.45, 2.75) is 33.9 Å². The highest BCUT2D eigenvalue weighted by atomic mass is 15.3. The molecule has 0 atom stereocenters. The number of hydrogen-bond acceptors (Lipinski definition) is 8. The molecule has 0 fully saturated rings. The van der Waals surface area contributed by atoms with E-state index in [2.05, 4.69) is 30.5 Å². The molecule has 2 aromatic rings. The van der Waals surface area contributed by atoms with E-state index >= 15 is 0 Å². The minimum Gasteiger partial charge on any atom is -0.368 e. The lowest BCUT2D eigenvalue weighted by Crippen LogP contribution is -2.25. The lowest BCUT2D eigenvalue weighted by molar-refractivity contribution is 0.705. The van der Waals surface area contributed by atoms with Gasteiger partial charge in [-0.1, -0.05) is 0 Å². The van der Waals surface area contributed by atoms with E-state index in [4.69, 9.17) is 5.73 Å². The predicted octanol–water partition coefficient (Wildman–Crippen LogP) is 0.523. The highest BCUT2D eigenvalue weighted by molar-refractivity contribution is 5.41. The molecule has 9 heteroatoms. The smallest absolute Gasteiger partial charge is 0.231 e. The molecule has 9 nitrogen and oxygen atoms in total. The van der Waals surface area contributed by atoms with Gasteiger partial charge < -0.3 is 20.5 Å². The second kappa shape index (κ2) is 6.82. The summed E-state index contributed by atoms with van der Waals surface area (Å²) >= 11 is 0. The number of aryl methyl sites for hydroxylation is 1. The standard InChI is InChI=1S/C12H21N9/c1-4-20(5-2)12-17-10(13)16-11(18-12)14-7-9-19-15-8-21(9)6-3/h8H,4-7H2,1-3H3,(H3,13,14,16,17,18). The molecular formula is C12H21N9. The third-order valence-corrected chi connectivity index (χ3v) is 3.13. The zero-order valence-electron chi connectivity index (χ0n) is 12.6. The van der Waals surface area contributed by atoms with E-state index in [9.17, 15) is 0 Å². The van der Waals surface area contributed by atoms with Crippen LogP contribution in [0.4, 0.5) is 17.8 Å². The average Bonchev–Trinajstić information content (AvgIpc) is 2.93. The molecule has 0 aliphatic rings. The summed E-state index contributed by atoms with van der Waals surface area (Å²) in [5.74, 6) is 2.04. The predicted molar refractivity (Wildman–Crippen MR) is 80.8 cm³/mol. The van der Waals surface area contributed by atoms with Gasteiger partial charge in [0.25, 0.3) is 0 Å². The summed E-state index contributed by atoms with van der Waals surface area (Å²) in [7, 11) is 0. The quantitative estimate of drug-likeness (QED) is 0.759. The highest BCUT2D eigenvalue weighted by Crippen LogP contribution is 2.12. The molecule has 21 heavy (non-hydrogen) atoms. The van der Waals surface area contributed by atoms with Crippen LogP contribution in [0.5, 0.6) is 0 Å². The Morgan fingerprint density at radius 1 is 1.19 bits per heavy atom. The van der Waals surface area contributed by atoms with Crippen molar-refractivity contribution in [1.29, 1.82) is 0 Å². The van der Waals surface area contributed by atoms with E-state index in [0.29, 0.717) is 18.4 Å². The minimum atomic E-state index is 0.200. The number of nitrogens with zero attached hydrogens (tertiary/aromatic N) is 7. The zero-order valence-corrected chi connectivity index (χ0v) is 12.6. The Labute approximate surface area is 123 Å². The zero-order chi connectivity index (χ0) is 15.2. The van der Waals surface area contributed by atoms with Crippen molar-refractivity contribution in [2.24, 2.45) is 0 Å². The first kappa shape index (κ1) is 14.9. The summed E-state index contributed by atoms with van der Waals surface area (Å²) in [4.78, 5) is 14.7. The SMILES string of the molecule is CCN(CC)c1nc(N)nc(NCc2nncn2CC)n1. The normalized spacial score (nSPS) is 10.6. The molecule has 0 amide bonds. The van der Waals surface area contributed by atoms with Crippen LogP contribution in [0.2, 0.25) is 0 Å². The van der Waals surface area contributed by atoms with Gasteiger partial charge in [-0.05, 0) is 20.8 Å². The van der Waals surface area contributed by atoms with Crippen molar-refractivity contribution in [3.63, 3.8) is 0 Å². The maximum atomic E-state index is 5.75. The van der Waals surface area contributed by atoms with Crippen molar-refractivity contribution in [2.75, 3.05) is 29.0 Å². The Hall–Kier alpha value is -2.45. The molecule has 0 aromatic carbocycles. The molecule has 114 valence electrons. The molecule has 2 rings (SSSR count). The van der Waals surface area contributed by atoms with Crippen molar-refractivity contribution in [3.05, 3.63) is 12.2 Å². The number of nitrogen functional groups attached to an aromatic ring is 1. The maximum Gasteiger partial charge on any atom is 0.231 e. The third kappa shape index (κ3) is 3.56. The molecule has 0 spiro atoms. The second-order valence-electron chi connectivity index (χ2n) is 4.38. The fraction of sp³-hybridized carbons (Fsp3) is 0.583. The van der Waals surface area contributed by atoms with Crippen molar-refractivity contribution in [1.82, 2.24) is 29.7 Å². The minimum absolute atomic E-state index is 0.200. The van der Waals surface area contributed by atoms with Crippen LogP contribution in [0, 0.1) is 0 Å². The lowest BCUT2D eigenvalue weighted by atomic mass is 10.5. The molecule has 0 aliphatic heterocycles. The van der Waals surface area contributed by atoms with Gasteiger partial charge in [0.2, 0.25) is 17.8 Å². The summed E-state index contributed by atoms with van der Waals surface area (Å²) in [5, 5.41) is 11.0. The summed E-state index contributed by atoms with van der Waals surface area (Å²) in [6.45, 7) is 9.03. The van der Waals surface area contributed by atoms with Crippen LogP contribution in [-0.4, -0.2) is 42.8 Å². The molecule has 2 aromatic heterocycles. The van der Waals surface area contributed by atoms with Gasteiger partial charge in [-0.15, -0.1) is 10.2 Å². The number of rotatable bonds is 7. The number of nitrogens with two attached hydrogens (primary N) is 1. The van der Waals surface area contributed by atoms with Crippen LogP contribution in [-0.2, 0) is 13.1 Å². The Bertz CT molecular complexity index is 576. The van der Waals surface area contributed by atoms with E-state index < -0.39 is 0 Å². The van der Waals surface area contributed by atoms with Gasteiger partial charge in [-0.2, -0.15) is 15.0 Å². The molecule has 3 N–H and O–H groups in total. The first-order chi connectivity index (χ1) is 10.2. The van der Waals surface area contributed by atoms with Gasteiger partial charge in [0, 0.05) is 19.6 Å². The first-order valence-electron chi connectivity index (χ1n) is 7.04. The van der Waals surface area contributed by atoms with Gasteiger partial charge in [-0.3, -0.25) is 0 Å². The van der Waals surface area contributed by atoms with E-state index in [0.717, 1.165) is 25.5 Å². The summed E-state index contributed by atoms with van der Waals surface area (Å²) < 4.78 is 1.95. The van der Waals surface area contributed by atoms with Crippen LogP contribution >= 0.6 is 0 Å². The number of nitrogens with one attached hydrogen (secondary N) is 1. The van der Waals surface area contributed by atoms with Crippen LogP contribution < -0.4 is 16.0 Å². The van der Waals surface area contributed by atoms with Crippen molar-refractivity contribution >= 4 is 17.8 Å². The molecule has 0 saturated carbocycles. The monoisotopic (exact) mass is 291 g/mol. The molecule has 0 aliphatic carbocycles. The summed E-state index contributed by atoms with van der Waals surface area (Å²) in [6.07, 6.45) is 1.69. The van der Waals surface area contributed by atoms with E-state index in [-0.39, 0.29) is 5.95 Å². The van der Waals surface area contributed by atoms with E-state index in [1.54, 1.807) is 6.33 Å². The summed E-state index contributed by atoms with van der Waals surface area (Å²) in [6, 6.07) is 0. The fourth-order valence-corrected chi connectivity index (χ4v) is 1.95. The van der Waals surface area contributed by atoms with Gasteiger partial charge in [0.1, 0.15) is 6.33 Å². The molecule has 0 bridgehead atoms. The fourth-order valence-electron chi connectivity index (χ4n) is 1.95. The van der Waals surface area contributed by atoms with Crippen LogP contribution in [0.15, 0.2) is 6.33 Å². The summed E-state index contributed by atoms with van der Waals surface area (Å²) in [5.41, 5.74) is 5.75. The molecular weight excluding hydrogens is 270 g/mol. The number of aromatic nitrogens is 6.